The molecule has 0 fully saturated rings. The highest BCUT2D eigenvalue weighted by Crippen LogP contribution is 2.39. The molecule has 9 aromatic rings. The third-order valence-electron chi connectivity index (χ3n) is 15.4. The van der Waals surface area contributed by atoms with Crippen molar-refractivity contribution in [1.29, 1.82) is 15.8 Å². The number of benzene rings is 6. The number of carbonyl (C=O) groups is 3. The predicted octanol–water partition coefficient (Wildman–Crippen LogP) is 16.9. The lowest BCUT2D eigenvalue weighted by molar-refractivity contribution is 0.249. The van der Waals surface area contributed by atoms with Gasteiger partial charge in [-0.1, -0.05) is 96.7 Å². The van der Waals surface area contributed by atoms with Crippen LogP contribution in [0.2, 0.25) is 0 Å². The molecule has 0 saturated heterocycles. The Kier molecular flexibility index (Phi) is 25.3. The third kappa shape index (κ3) is 17.1. The summed E-state index contributed by atoms with van der Waals surface area (Å²) < 4.78 is 22.8. The SMILES string of the molecule is CCCCNC(=O)Nc1ccc(-c2c(C#N)c3ccc(OC)cc3n2CCCC)cc1.CCCCn1c(-c2ccc(NC(=O)NC(C)C)cc2)c(C#N)c2ccc(OC)cc21.CCCCn1c(-c2ccc(NC(=O)NCCC)cc2)c(C#N)c2ccc(OC)cc21. The van der Waals surface area contributed by atoms with Gasteiger partial charge in [0.1, 0.15) is 35.5 Å². The number of nitriles is 3. The van der Waals surface area contributed by atoms with Gasteiger partial charge >= 0.3 is 18.1 Å². The van der Waals surface area contributed by atoms with Crippen molar-refractivity contribution in [3.8, 4) is 69.2 Å². The zero-order valence-corrected chi connectivity index (χ0v) is 54.2. The lowest BCUT2D eigenvalue weighted by Gasteiger charge is -2.13. The number of amides is 6. The van der Waals surface area contributed by atoms with Gasteiger partial charge in [0, 0.05) is 90.2 Å². The smallest absolute Gasteiger partial charge is 0.319 e. The lowest BCUT2D eigenvalue weighted by Crippen LogP contribution is -2.34. The summed E-state index contributed by atoms with van der Waals surface area (Å²) in [7, 11) is 4.94. The molecule has 0 aliphatic carbocycles. The van der Waals surface area contributed by atoms with Gasteiger partial charge in [0.05, 0.1) is 71.7 Å². The van der Waals surface area contributed by atoms with Crippen LogP contribution in [0.1, 0.15) is 123 Å². The zero-order chi connectivity index (χ0) is 65.4. The summed E-state index contributed by atoms with van der Waals surface area (Å²) in [6, 6.07) is 47.0. The lowest BCUT2D eigenvalue weighted by atomic mass is 10.1. The van der Waals surface area contributed by atoms with Crippen molar-refractivity contribution in [2.45, 2.75) is 132 Å². The zero-order valence-electron chi connectivity index (χ0n) is 54.2. The first kappa shape index (κ1) is 68.1. The number of fused-ring (bicyclic) bond motifs is 3. The van der Waals surface area contributed by atoms with Gasteiger partial charge in [-0.3, -0.25) is 0 Å². The van der Waals surface area contributed by atoms with E-state index in [0.29, 0.717) is 46.8 Å². The average molecular weight is 1230 g/mol. The topological polar surface area (TPSA) is 237 Å². The number of aromatic nitrogens is 3. The molecule has 9 rings (SSSR count). The summed E-state index contributed by atoms with van der Waals surface area (Å²) in [6.07, 6.45) is 9.07. The second-order valence-corrected chi connectivity index (χ2v) is 22.3. The fraction of sp³-hybridized carbons (Fsp3) is 0.342. The first-order valence-corrected chi connectivity index (χ1v) is 31.5. The Balaban J connectivity index is 0.000000194. The number of ether oxygens (including phenoxy) is 3. The van der Waals surface area contributed by atoms with Crippen LogP contribution in [-0.4, -0.2) is 72.3 Å². The van der Waals surface area contributed by atoms with E-state index in [1.165, 1.54) is 0 Å². The molecule has 0 spiro atoms. The normalized spacial score (nSPS) is 10.7. The fourth-order valence-corrected chi connectivity index (χ4v) is 10.8. The number of nitrogens with one attached hydrogen (secondary N) is 6. The maximum absolute atomic E-state index is 12.0. The molecule has 18 heteroatoms. The van der Waals surface area contributed by atoms with E-state index in [9.17, 15) is 30.2 Å². The summed E-state index contributed by atoms with van der Waals surface area (Å²) in [4.78, 5) is 35.9. The molecule has 91 heavy (non-hydrogen) atoms. The van der Waals surface area contributed by atoms with Crippen molar-refractivity contribution < 1.29 is 28.6 Å². The second-order valence-electron chi connectivity index (χ2n) is 22.3. The van der Waals surface area contributed by atoms with Crippen LogP contribution in [0.3, 0.4) is 0 Å². The van der Waals surface area contributed by atoms with Crippen LogP contribution in [0.5, 0.6) is 17.2 Å². The molecule has 6 amide bonds. The van der Waals surface area contributed by atoms with E-state index in [0.717, 1.165) is 161 Å². The number of nitrogens with zero attached hydrogens (tertiary/aromatic N) is 6. The summed E-state index contributed by atoms with van der Waals surface area (Å²) in [5.74, 6) is 2.31. The van der Waals surface area contributed by atoms with Crippen molar-refractivity contribution in [3.63, 3.8) is 0 Å². The van der Waals surface area contributed by atoms with Crippen LogP contribution < -0.4 is 46.1 Å². The number of methoxy groups -OCH3 is 3. The van der Waals surface area contributed by atoms with Crippen molar-refractivity contribution >= 4 is 67.9 Å². The quantitative estimate of drug-likeness (QED) is 0.0315. The van der Waals surface area contributed by atoms with Crippen LogP contribution in [-0.2, 0) is 19.6 Å². The molecule has 0 aliphatic rings. The summed E-state index contributed by atoms with van der Waals surface area (Å²) in [5, 5.41) is 49.6. The number of rotatable bonds is 24. The highest BCUT2D eigenvalue weighted by Gasteiger charge is 2.23. The van der Waals surface area contributed by atoms with E-state index in [1.54, 1.807) is 21.3 Å². The number of aryl methyl sites for hydroxylation is 3. The molecule has 0 radical (unpaired) electrons. The minimum Gasteiger partial charge on any atom is -0.497 e. The summed E-state index contributed by atoms with van der Waals surface area (Å²) in [5.41, 5.74) is 12.6. The van der Waals surface area contributed by atoms with E-state index in [2.05, 4.69) is 91.5 Å². The molecule has 0 unspecified atom stereocenters. The van der Waals surface area contributed by atoms with Crippen LogP contribution in [0.15, 0.2) is 127 Å². The van der Waals surface area contributed by atoms with Gasteiger partial charge in [-0.15, -0.1) is 0 Å². The minimum absolute atomic E-state index is 0.0636. The second kappa shape index (κ2) is 33.8. The molecule has 0 bridgehead atoms. The summed E-state index contributed by atoms with van der Waals surface area (Å²) >= 11 is 0. The molecule has 3 heterocycles. The van der Waals surface area contributed by atoms with Crippen LogP contribution in [0.25, 0.3) is 66.5 Å². The maximum Gasteiger partial charge on any atom is 0.319 e. The number of carbonyl (C=O) groups excluding carboxylic acids is 3. The first-order valence-electron chi connectivity index (χ1n) is 31.5. The average Bonchev–Trinajstić information content (AvgIpc) is 1.68. The highest BCUT2D eigenvalue weighted by molar-refractivity contribution is 5.99. The number of unbranched alkanes of at least 4 members (excludes halogenated alkanes) is 4. The van der Waals surface area contributed by atoms with E-state index in [4.69, 9.17) is 14.2 Å². The molecule has 6 N–H and O–H groups in total. The number of hydrogen-bond donors (Lipinski definition) is 6. The van der Waals surface area contributed by atoms with Crippen LogP contribution in [0.4, 0.5) is 31.4 Å². The number of anilines is 3. The fourth-order valence-electron chi connectivity index (χ4n) is 10.8. The molecule has 3 aromatic heterocycles. The third-order valence-corrected chi connectivity index (χ3v) is 15.4. The molecule has 0 atom stereocenters. The molecule has 474 valence electrons. The van der Waals surface area contributed by atoms with Gasteiger partial charge in [-0.25, -0.2) is 14.4 Å². The largest absolute Gasteiger partial charge is 0.497 e. The Morgan fingerprint density at radius 1 is 0.418 bits per heavy atom. The summed E-state index contributed by atoms with van der Waals surface area (Å²) in [6.45, 7) is 18.1. The molecule has 0 saturated carbocycles. The molecular formula is C73H86N12O6. The Morgan fingerprint density at radius 3 is 1.00 bits per heavy atom. The van der Waals surface area contributed by atoms with Gasteiger partial charge in [-0.05, 0) is 135 Å². The Hall–Kier alpha value is -10.4. The van der Waals surface area contributed by atoms with Crippen molar-refractivity contribution in [2.24, 2.45) is 0 Å². The standard InChI is InChI=1S/C25H30N4O2.2C24H28N4O2/c1-4-6-14-27-25(30)28-19-10-8-18(9-11-19)24-22(17-26)21-13-12-20(31-3)16-23(21)29(24)15-7-5-2;1-5-6-13-28-22-14-19(30-4)11-12-20(22)21(15-25)23(28)17-7-9-18(10-8-17)27-24(29)26-16(2)3;1-4-6-14-28-22-15-19(30-3)11-12-20(22)21(16-25)23(28)17-7-9-18(10-8-17)27-24(29)26-13-5-2/h8-13,16H,4-7,14-15H2,1-3H3,(H2,27,28,30);7-12,14,16H,5-6,13H2,1-4H3,(H2,26,27,29);7-12,15H,4-6,13-14H2,1-3H3,(H2,26,27,29). The number of urea groups is 3. The van der Waals surface area contributed by atoms with Crippen molar-refractivity contribution in [3.05, 3.63) is 144 Å². The number of hydrogen-bond acceptors (Lipinski definition) is 9. The van der Waals surface area contributed by atoms with Crippen molar-refractivity contribution in [2.75, 3.05) is 50.4 Å². The molecule has 6 aromatic carbocycles. The Labute approximate surface area is 535 Å². The van der Waals surface area contributed by atoms with Gasteiger partial charge in [0.15, 0.2) is 0 Å². The van der Waals surface area contributed by atoms with E-state index < -0.39 is 0 Å². The predicted molar refractivity (Wildman–Crippen MR) is 367 cm³/mol. The van der Waals surface area contributed by atoms with Crippen LogP contribution in [0, 0.1) is 34.0 Å². The van der Waals surface area contributed by atoms with Crippen molar-refractivity contribution in [1.82, 2.24) is 29.7 Å². The van der Waals surface area contributed by atoms with Gasteiger partial charge in [0.25, 0.3) is 0 Å². The minimum atomic E-state index is -0.236. The van der Waals surface area contributed by atoms with E-state index in [1.807, 2.05) is 148 Å². The Bertz CT molecular complexity index is 4050. The maximum atomic E-state index is 12.0. The van der Waals surface area contributed by atoms with Gasteiger partial charge in [-0.2, -0.15) is 15.8 Å². The molecular weight excluding hydrogens is 1140 g/mol. The van der Waals surface area contributed by atoms with E-state index in [-0.39, 0.29) is 24.1 Å². The Morgan fingerprint density at radius 2 is 0.725 bits per heavy atom. The molecule has 18 nitrogen and oxygen atoms in total. The van der Waals surface area contributed by atoms with Gasteiger partial charge in [0.2, 0.25) is 0 Å². The highest BCUT2D eigenvalue weighted by atomic mass is 16.5. The van der Waals surface area contributed by atoms with Crippen LogP contribution >= 0.6 is 0 Å². The van der Waals surface area contributed by atoms with E-state index >= 15 is 0 Å². The molecule has 0 aliphatic heterocycles. The monoisotopic (exact) mass is 1230 g/mol. The van der Waals surface area contributed by atoms with Gasteiger partial charge < -0.3 is 59.8 Å². The first-order chi connectivity index (χ1) is 44.2.